The number of hydrogen-bond donors (Lipinski definition) is 1. The van der Waals surface area contributed by atoms with Crippen LogP contribution < -0.4 is 5.32 Å². The van der Waals surface area contributed by atoms with Crippen molar-refractivity contribution in [1.29, 1.82) is 0 Å². The van der Waals surface area contributed by atoms with E-state index in [1.807, 2.05) is 11.7 Å². The van der Waals surface area contributed by atoms with E-state index >= 15 is 0 Å². The Balaban J connectivity index is 2.45. The topological polar surface area (TPSA) is 29.9 Å². The second-order valence-corrected chi connectivity index (χ2v) is 3.62. The molecule has 0 fully saturated rings. The first-order chi connectivity index (χ1) is 5.68. The van der Waals surface area contributed by atoms with E-state index in [-0.39, 0.29) is 0 Å². The second-order valence-electron chi connectivity index (χ2n) is 3.62. The third kappa shape index (κ3) is 1.00. The van der Waals surface area contributed by atoms with Crippen LogP contribution in [0.15, 0.2) is 0 Å². The Morgan fingerprint density at radius 1 is 1.58 bits per heavy atom. The molecule has 1 aromatic rings. The first-order valence-electron chi connectivity index (χ1n) is 4.47. The van der Waals surface area contributed by atoms with Gasteiger partial charge in [0.2, 0.25) is 0 Å². The van der Waals surface area contributed by atoms with Gasteiger partial charge < -0.3 is 5.32 Å². The number of aromatic nitrogens is 2. The van der Waals surface area contributed by atoms with Crippen LogP contribution in [0.4, 0.5) is 5.82 Å². The largest absolute Gasteiger partial charge is 0.368 e. The van der Waals surface area contributed by atoms with Crippen LogP contribution in [0.2, 0.25) is 0 Å². The summed E-state index contributed by atoms with van der Waals surface area (Å²) in [5.41, 5.74) is 2.57. The van der Waals surface area contributed by atoms with Gasteiger partial charge in [-0.25, -0.2) is 0 Å². The number of nitrogens with one attached hydrogen (secondary N) is 1. The predicted octanol–water partition coefficient (Wildman–Crippen LogP) is 1.48. The van der Waals surface area contributed by atoms with Gasteiger partial charge in [-0.15, -0.1) is 0 Å². The van der Waals surface area contributed by atoms with E-state index < -0.39 is 0 Å². The van der Waals surface area contributed by atoms with Crippen molar-refractivity contribution in [2.24, 2.45) is 7.05 Å². The van der Waals surface area contributed by atoms with E-state index in [0.29, 0.717) is 6.04 Å². The van der Waals surface area contributed by atoms with Gasteiger partial charge in [0, 0.05) is 18.7 Å². The highest BCUT2D eigenvalue weighted by Crippen LogP contribution is 2.26. The van der Waals surface area contributed by atoms with Gasteiger partial charge in [-0.2, -0.15) is 5.10 Å². The summed E-state index contributed by atoms with van der Waals surface area (Å²) in [6, 6.07) is 0.590. The molecule has 3 nitrogen and oxygen atoms in total. The van der Waals surface area contributed by atoms with Gasteiger partial charge in [-0.05, 0) is 26.7 Å². The lowest BCUT2D eigenvalue weighted by atomic mass is 10.0. The quantitative estimate of drug-likeness (QED) is 0.631. The maximum atomic E-state index is 4.38. The van der Waals surface area contributed by atoms with Crippen molar-refractivity contribution in [3.05, 3.63) is 11.3 Å². The number of aryl methyl sites for hydroxylation is 2. The zero-order valence-electron chi connectivity index (χ0n) is 7.89. The Hall–Kier alpha value is -0.990. The fourth-order valence-electron chi connectivity index (χ4n) is 1.85. The van der Waals surface area contributed by atoms with Crippen LogP contribution in [0.1, 0.15) is 24.6 Å². The molecule has 1 aliphatic heterocycles. The van der Waals surface area contributed by atoms with Gasteiger partial charge in [0.15, 0.2) is 0 Å². The second kappa shape index (κ2) is 2.51. The normalized spacial score (nSPS) is 21.8. The van der Waals surface area contributed by atoms with E-state index in [9.17, 15) is 0 Å². The molecule has 0 unspecified atom stereocenters. The van der Waals surface area contributed by atoms with E-state index in [1.54, 1.807) is 0 Å². The van der Waals surface area contributed by atoms with Crippen molar-refractivity contribution in [3.63, 3.8) is 0 Å². The zero-order chi connectivity index (χ0) is 8.72. The number of rotatable bonds is 0. The molecule has 0 spiro atoms. The van der Waals surface area contributed by atoms with Crippen LogP contribution in [0, 0.1) is 6.92 Å². The Morgan fingerprint density at radius 2 is 2.33 bits per heavy atom. The summed E-state index contributed by atoms with van der Waals surface area (Å²) < 4.78 is 1.94. The summed E-state index contributed by atoms with van der Waals surface area (Å²) in [5, 5.41) is 7.83. The lowest BCUT2D eigenvalue weighted by Gasteiger charge is -2.21. The number of hydrogen-bond acceptors (Lipinski definition) is 2. The Kier molecular flexibility index (Phi) is 1.60. The van der Waals surface area contributed by atoms with E-state index in [1.165, 1.54) is 29.9 Å². The first kappa shape index (κ1) is 7.65. The molecule has 0 radical (unpaired) electrons. The highest BCUT2D eigenvalue weighted by Gasteiger charge is 2.19. The van der Waals surface area contributed by atoms with Crippen LogP contribution >= 0.6 is 0 Å². The molecule has 12 heavy (non-hydrogen) atoms. The molecule has 0 aromatic carbocycles. The van der Waals surface area contributed by atoms with Crippen LogP contribution in [0.3, 0.4) is 0 Å². The Labute approximate surface area is 72.8 Å². The lowest BCUT2D eigenvalue weighted by Crippen LogP contribution is -2.23. The van der Waals surface area contributed by atoms with Crippen molar-refractivity contribution in [1.82, 2.24) is 9.78 Å². The van der Waals surface area contributed by atoms with Crippen LogP contribution in [0.5, 0.6) is 0 Å². The smallest absolute Gasteiger partial charge is 0.127 e. The average Bonchev–Trinajstić information content (AvgIpc) is 2.28. The molecule has 0 bridgehead atoms. The van der Waals surface area contributed by atoms with Crippen molar-refractivity contribution < 1.29 is 0 Å². The molecule has 0 aliphatic carbocycles. The summed E-state index contributed by atoms with van der Waals surface area (Å²) in [5.74, 6) is 1.21. The molecular formula is C9H15N3. The van der Waals surface area contributed by atoms with E-state index in [2.05, 4.69) is 24.3 Å². The zero-order valence-corrected chi connectivity index (χ0v) is 7.89. The molecule has 1 aromatic heterocycles. The maximum absolute atomic E-state index is 4.38. The summed E-state index contributed by atoms with van der Waals surface area (Å²) in [6.07, 6.45) is 2.39. The predicted molar refractivity (Wildman–Crippen MR) is 49.4 cm³/mol. The van der Waals surface area contributed by atoms with Gasteiger partial charge >= 0.3 is 0 Å². The third-order valence-electron chi connectivity index (χ3n) is 2.56. The lowest BCUT2D eigenvalue weighted by molar-refractivity contribution is 0.660. The molecule has 1 atom stereocenters. The molecule has 2 rings (SSSR count). The molecule has 3 heteroatoms. The fourth-order valence-corrected chi connectivity index (χ4v) is 1.85. The van der Waals surface area contributed by atoms with Gasteiger partial charge in [0.05, 0.1) is 5.69 Å². The van der Waals surface area contributed by atoms with Gasteiger partial charge in [-0.1, -0.05) is 0 Å². The van der Waals surface area contributed by atoms with Crippen LogP contribution in [-0.4, -0.2) is 15.8 Å². The third-order valence-corrected chi connectivity index (χ3v) is 2.56. The standard InChI is InChI=1S/C9H15N3/c1-6-4-5-8-7(2)11-12(3)9(8)10-6/h6,10H,4-5H2,1-3H3/t6-/m1/s1. The van der Waals surface area contributed by atoms with Crippen molar-refractivity contribution in [2.45, 2.75) is 32.7 Å². The van der Waals surface area contributed by atoms with E-state index in [4.69, 9.17) is 0 Å². The highest BCUT2D eigenvalue weighted by atomic mass is 15.3. The first-order valence-corrected chi connectivity index (χ1v) is 4.47. The Morgan fingerprint density at radius 3 is 3.08 bits per heavy atom. The van der Waals surface area contributed by atoms with Gasteiger partial charge in [0.25, 0.3) is 0 Å². The summed E-state index contributed by atoms with van der Waals surface area (Å²) >= 11 is 0. The SMILES string of the molecule is Cc1nn(C)c2c1CC[C@@H](C)N2. The minimum atomic E-state index is 0.590. The summed E-state index contributed by atoms with van der Waals surface area (Å²) in [6.45, 7) is 4.29. The van der Waals surface area contributed by atoms with Gasteiger partial charge in [-0.3, -0.25) is 4.68 Å². The summed E-state index contributed by atoms with van der Waals surface area (Å²) in [7, 11) is 2.00. The minimum Gasteiger partial charge on any atom is -0.368 e. The van der Waals surface area contributed by atoms with Gasteiger partial charge in [0.1, 0.15) is 5.82 Å². The maximum Gasteiger partial charge on any atom is 0.127 e. The van der Waals surface area contributed by atoms with E-state index in [0.717, 1.165) is 0 Å². The van der Waals surface area contributed by atoms with Crippen LogP contribution in [0.25, 0.3) is 0 Å². The molecule has 0 amide bonds. The average molecular weight is 165 g/mol. The highest BCUT2D eigenvalue weighted by molar-refractivity contribution is 5.50. The monoisotopic (exact) mass is 165 g/mol. The molecular weight excluding hydrogens is 150 g/mol. The molecule has 2 heterocycles. The molecule has 66 valence electrons. The molecule has 1 N–H and O–H groups in total. The molecule has 1 aliphatic rings. The minimum absolute atomic E-state index is 0.590. The Bertz CT molecular complexity index is 301. The summed E-state index contributed by atoms with van der Waals surface area (Å²) in [4.78, 5) is 0. The van der Waals surface area contributed by atoms with Crippen LogP contribution in [-0.2, 0) is 13.5 Å². The van der Waals surface area contributed by atoms with Crippen molar-refractivity contribution in [2.75, 3.05) is 5.32 Å². The number of anilines is 1. The molecule has 0 saturated carbocycles. The van der Waals surface area contributed by atoms with Crippen molar-refractivity contribution in [3.8, 4) is 0 Å². The number of nitrogens with zero attached hydrogens (tertiary/aromatic N) is 2. The number of fused-ring (bicyclic) bond motifs is 1. The molecule has 0 saturated heterocycles. The fraction of sp³-hybridized carbons (Fsp3) is 0.667. The van der Waals surface area contributed by atoms with Crippen molar-refractivity contribution >= 4 is 5.82 Å².